The van der Waals surface area contributed by atoms with Crippen LogP contribution >= 0.6 is 0 Å². The molecule has 2 aromatic carbocycles. The van der Waals surface area contributed by atoms with Crippen molar-refractivity contribution in [2.75, 3.05) is 5.73 Å². The van der Waals surface area contributed by atoms with Crippen LogP contribution in [0.3, 0.4) is 0 Å². The summed E-state index contributed by atoms with van der Waals surface area (Å²) in [7, 11) is 0. The van der Waals surface area contributed by atoms with Gasteiger partial charge < -0.3 is 11.1 Å². The lowest BCUT2D eigenvalue weighted by Crippen LogP contribution is -2.33. The van der Waals surface area contributed by atoms with E-state index >= 15 is 0 Å². The number of rotatable bonds is 3. The Morgan fingerprint density at radius 1 is 1.03 bits per heavy atom. The number of para-hydroxylation sites is 2. The van der Waals surface area contributed by atoms with Crippen molar-refractivity contribution in [1.29, 1.82) is 0 Å². The highest BCUT2D eigenvalue weighted by Crippen LogP contribution is 2.32. The van der Waals surface area contributed by atoms with Crippen LogP contribution in [0.4, 0.5) is 5.82 Å². The Hall–Kier alpha value is -3.41. The summed E-state index contributed by atoms with van der Waals surface area (Å²) in [6, 6.07) is 14.1. The molecule has 152 valence electrons. The van der Waals surface area contributed by atoms with E-state index in [-0.39, 0.29) is 11.9 Å². The van der Waals surface area contributed by atoms with Crippen LogP contribution in [0.2, 0.25) is 0 Å². The molecule has 6 nitrogen and oxygen atoms in total. The first-order valence-electron chi connectivity index (χ1n) is 10.5. The Kier molecular flexibility index (Phi) is 4.42. The standard InChI is InChI=1S/C24H25N5O/c1-14-11-15(2)13-17(12-14)29-22(25)20(24(30)26-16-7-3-4-8-16)21-23(29)28-19-10-6-5-9-18(19)27-21/h5-6,9-13,16H,3-4,7-8,25H2,1-2H3,(H,26,30). The van der Waals surface area contributed by atoms with Crippen molar-refractivity contribution in [3.63, 3.8) is 0 Å². The molecular formula is C24H25N5O. The normalized spacial score (nSPS) is 14.6. The minimum Gasteiger partial charge on any atom is -0.384 e. The highest BCUT2D eigenvalue weighted by Gasteiger charge is 2.27. The minimum atomic E-state index is -0.169. The lowest BCUT2D eigenvalue weighted by Gasteiger charge is -2.12. The number of nitrogens with zero attached hydrogens (tertiary/aromatic N) is 3. The number of carbonyl (C=O) groups excluding carboxylic acids is 1. The highest BCUT2D eigenvalue weighted by atomic mass is 16.1. The molecule has 1 aliphatic carbocycles. The SMILES string of the molecule is Cc1cc(C)cc(-n2c(N)c(C(=O)NC3CCCC3)c3nc4ccccc4nc32)c1. The molecule has 30 heavy (non-hydrogen) atoms. The number of hydrogen-bond donors (Lipinski definition) is 2. The first-order valence-corrected chi connectivity index (χ1v) is 10.5. The number of fused-ring (bicyclic) bond motifs is 2. The summed E-state index contributed by atoms with van der Waals surface area (Å²) in [4.78, 5) is 22.9. The third kappa shape index (κ3) is 3.09. The van der Waals surface area contributed by atoms with Crippen LogP contribution < -0.4 is 11.1 Å². The summed E-state index contributed by atoms with van der Waals surface area (Å²) in [6.45, 7) is 4.10. The van der Waals surface area contributed by atoms with E-state index in [4.69, 9.17) is 15.7 Å². The summed E-state index contributed by atoms with van der Waals surface area (Å²) in [5.74, 6) is 0.206. The summed E-state index contributed by atoms with van der Waals surface area (Å²) in [5, 5.41) is 3.16. The number of benzene rings is 2. The zero-order chi connectivity index (χ0) is 20.8. The minimum absolute atomic E-state index is 0.169. The average molecular weight is 399 g/mol. The van der Waals surface area contributed by atoms with Gasteiger partial charge in [-0.25, -0.2) is 9.97 Å². The van der Waals surface area contributed by atoms with Crippen LogP contribution in [0.5, 0.6) is 0 Å². The molecule has 1 saturated carbocycles. The van der Waals surface area contributed by atoms with Gasteiger partial charge in [0.05, 0.1) is 11.0 Å². The van der Waals surface area contributed by atoms with Crippen molar-refractivity contribution >= 4 is 33.9 Å². The number of nitrogen functional groups attached to an aromatic ring is 1. The number of anilines is 1. The van der Waals surface area contributed by atoms with Crippen LogP contribution in [0.25, 0.3) is 27.9 Å². The Balaban J connectivity index is 1.77. The Bertz CT molecular complexity index is 1260. The van der Waals surface area contributed by atoms with Gasteiger partial charge in [-0.2, -0.15) is 0 Å². The fraction of sp³-hybridized carbons (Fsp3) is 0.292. The Labute approximate surface area is 175 Å². The summed E-state index contributed by atoms with van der Waals surface area (Å²) >= 11 is 0. The number of aryl methyl sites for hydroxylation is 2. The van der Waals surface area contributed by atoms with E-state index in [1.165, 1.54) is 0 Å². The molecule has 2 aromatic heterocycles. The van der Waals surface area contributed by atoms with Gasteiger partial charge >= 0.3 is 0 Å². The lowest BCUT2D eigenvalue weighted by atomic mass is 10.1. The molecule has 6 heteroatoms. The van der Waals surface area contributed by atoms with Gasteiger partial charge in [0, 0.05) is 11.7 Å². The molecule has 0 saturated heterocycles. The van der Waals surface area contributed by atoms with E-state index < -0.39 is 0 Å². The Morgan fingerprint density at radius 3 is 2.33 bits per heavy atom. The van der Waals surface area contributed by atoms with Gasteiger partial charge in [-0.15, -0.1) is 0 Å². The molecule has 2 heterocycles. The molecule has 1 fully saturated rings. The second-order valence-electron chi connectivity index (χ2n) is 8.28. The van der Waals surface area contributed by atoms with Crippen molar-refractivity contribution < 1.29 is 4.79 Å². The summed E-state index contributed by atoms with van der Waals surface area (Å²) in [5.41, 5.74) is 12.8. The number of aromatic nitrogens is 3. The first-order chi connectivity index (χ1) is 14.5. The van der Waals surface area contributed by atoms with E-state index in [1.54, 1.807) is 0 Å². The smallest absolute Gasteiger partial charge is 0.257 e. The lowest BCUT2D eigenvalue weighted by molar-refractivity contribution is 0.0940. The first kappa shape index (κ1) is 18.6. The molecule has 0 spiro atoms. The van der Waals surface area contributed by atoms with Crippen molar-refractivity contribution in [3.05, 3.63) is 59.2 Å². The third-order valence-corrected chi connectivity index (χ3v) is 5.88. The topological polar surface area (TPSA) is 85.8 Å². The van der Waals surface area contributed by atoms with Gasteiger partial charge in [0.1, 0.15) is 16.9 Å². The number of hydrogen-bond acceptors (Lipinski definition) is 4. The third-order valence-electron chi connectivity index (χ3n) is 5.88. The van der Waals surface area contributed by atoms with Gasteiger partial charge in [-0.05, 0) is 62.1 Å². The zero-order valence-corrected chi connectivity index (χ0v) is 17.3. The number of carbonyl (C=O) groups is 1. The molecule has 4 aromatic rings. The zero-order valence-electron chi connectivity index (χ0n) is 17.3. The quantitative estimate of drug-likeness (QED) is 0.533. The van der Waals surface area contributed by atoms with E-state index in [9.17, 15) is 4.79 Å². The van der Waals surface area contributed by atoms with E-state index in [0.29, 0.717) is 22.5 Å². The van der Waals surface area contributed by atoms with Crippen molar-refractivity contribution in [3.8, 4) is 5.69 Å². The second kappa shape index (κ2) is 7.13. The molecule has 0 radical (unpaired) electrons. The van der Waals surface area contributed by atoms with Gasteiger partial charge in [-0.3, -0.25) is 9.36 Å². The van der Waals surface area contributed by atoms with Crippen LogP contribution in [0.15, 0.2) is 42.5 Å². The maximum atomic E-state index is 13.3. The molecule has 0 bridgehead atoms. The largest absolute Gasteiger partial charge is 0.384 e. The maximum absolute atomic E-state index is 13.3. The van der Waals surface area contributed by atoms with Gasteiger partial charge in [0.25, 0.3) is 5.91 Å². The van der Waals surface area contributed by atoms with Crippen LogP contribution in [0.1, 0.15) is 47.2 Å². The van der Waals surface area contributed by atoms with Gasteiger partial charge in [-0.1, -0.05) is 31.0 Å². The average Bonchev–Trinajstić information content (AvgIpc) is 3.30. The van der Waals surface area contributed by atoms with Crippen molar-refractivity contribution in [1.82, 2.24) is 19.9 Å². The van der Waals surface area contributed by atoms with Crippen LogP contribution in [0, 0.1) is 13.8 Å². The predicted molar refractivity (Wildman–Crippen MR) is 120 cm³/mol. The molecule has 1 amide bonds. The van der Waals surface area contributed by atoms with Crippen molar-refractivity contribution in [2.24, 2.45) is 0 Å². The number of nitrogens with two attached hydrogens (primary N) is 1. The predicted octanol–water partition coefficient (Wildman–Crippen LogP) is 4.45. The van der Waals surface area contributed by atoms with E-state index in [2.05, 4.69) is 23.5 Å². The van der Waals surface area contributed by atoms with E-state index in [0.717, 1.165) is 53.5 Å². The monoisotopic (exact) mass is 399 g/mol. The molecule has 3 N–H and O–H groups in total. The van der Waals surface area contributed by atoms with E-state index in [1.807, 2.05) is 42.7 Å². The second-order valence-corrected chi connectivity index (χ2v) is 8.28. The maximum Gasteiger partial charge on any atom is 0.257 e. The van der Waals surface area contributed by atoms with Crippen LogP contribution in [-0.2, 0) is 0 Å². The van der Waals surface area contributed by atoms with Gasteiger partial charge in [0.2, 0.25) is 0 Å². The molecule has 5 rings (SSSR count). The van der Waals surface area contributed by atoms with Crippen LogP contribution in [-0.4, -0.2) is 26.5 Å². The molecular weight excluding hydrogens is 374 g/mol. The number of amides is 1. The molecule has 0 unspecified atom stereocenters. The van der Waals surface area contributed by atoms with Crippen molar-refractivity contribution in [2.45, 2.75) is 45.6 Å². The highest BCUT2D eigenvalue weighted by molar-refractivity contribution is 6.11. The summed E-state index contributed by atoms with van der Waals surface area (Å²) in [6.07, 6.45) is 4.32. The molecule has 0 aliphatic heterocycles. The fourth-order valence-electron chi connectivity index (χ4n) is 4.55. The Morgan fingerprint density at radius 2 is 1.67 bits per heavy atom. The molecule has 1 aliphatic rings. The molecule has 0 atom stereocenters. The van der Waals surface area contributed by atoms with Gasteiger partial charge in [0.15, 0.2) is 5.65 Å². The number of nitrogens with one attached hydrogen (secondary N) is 1. The summed E-state index contributed by atoms with van der Waals surface area (Å²) < 4.78 is 1.86. The fourth-order valence-corrected chi connectivity index (χ4v) is 4.55.